The van der Waals surface area contributed by atoms with Gasteiger partial charge in [0.15, 0.2) is 0 Å². The number of benzene rings is 3. The lowest BCUT2D eigenvalue weighted by molar-refractivity contribution is -0.116. The Kier molecular flexibility index (Phi) is 5.22. The van der Waals surface area contributed by atoms with E-state index < -0.39 is 29.3 Å². The minimum atomic E-state index is -0.816. The minimum Gasteiger partial charge on any atom is -0.374 e. The Hall–Kier alpha value is -3.32. The summed E-state index contributed by atoms with van der Waals surface area (Å²) in [7, 11) is 0. The van der Waals surface area contributed by atoms with Crippen LogP contribution in [0.25, 0.3) is 20.8 Å². The number of amides is 1. The first-order chi connectivity index (χ1) is 14.0. The number of fused-ring (bicyclic) bond motifs is 1. The molecule has 0 saturated heterocycles. The molecule has 0 aliphatic heterocycles. The largest absolute Gasteiger partial charge is 0.374 e. The van der Waals surface area contributed by atoms with Gasteiger partial charge in [0.1, 0.15) is 28.4 Å². The molecule has 0 aliphatic carbocycles. The second kappa shape index (κ2) is 7.97. The fourth-order valence-corrected chi connectivity index (χ4v) is 3.86. The SMILES string of the molecule is CC(Nc1cccc(-c2nc3ccccc3s2)c1)C(=O)Nc1c(F)cccc1F. The fraction of sp³-hybridized carbons (Fsp3) is 0.0909. The molecule has 1 amide bonds. The summed E-state index contributed by atoms with van der Waals surface area (Å²) in [4.78, 5) is 17.0. The van der Waals surface area contributed by atoms with Gasteiger partial charge in [0.05, 0.1) is 10.2 Å². The van der Waals surface area contributed by atoms with Crippen LogP contribution < -0.4 is 10.6 Å². The number of aromatic nitrogens is 1. The van der Waals surface area contributed by atoms with Gasteiger partial charge in [0.25, 0.3) is 0 Å². The van der Waals surface area contributed by atoms with E-state index in [1.54, 1.807) is 18.3 Å². The summed E-state index contributed by atoms with van der Waals surface area (Å²) in [5.41, 5.74) is 2.11. The first-order valence-corrected chi connectivity index (χ1v) is 9.80. The van der Waals surface area contributed by atoms with Gasteiger partial charge in [-0.1, -0.05) is 30.3 Å². The number of carbonyl (C=O) groups excluding carboxylic acids is 1. The summed E-state index contributed by atoms with van der Waals surface area (Å²) in [6.45, 7) is 1.62. The van der Waals surface area contributed by atoms with Gasteiger partial charge in [-0.15, -0.1) is 11.3 Å². The third-order valence-electron chi connectivity index (χ3n) is 4.39. The lowest BCUT2D eigenvalue weighted by Crippen LogP contribution is -2.32. The number of rotatable bonds is 5. The van der Waals surface area contributed by atoms with Crippen molar-refractivity contribution < 1.29 is 13.6 Å². The topological polar surface area (TPSA) is 54.0 Å². The zero-order chi connectivity index (χ0) is 20.4. The van der Waals surface area contributed by atoms with Crippen molar-refractivity contribution in [3.63, 3.8) is 0 Å². The highest BCUT2D eigenvalue weighted by molar-refractivity contribution is 7.21. The summed E-state index contributed by atoms with van der Waals surface area (Å²) in [5, 5.41) is 6.24. The number of thiazole rings is 1. The maximum atomic E-state index is 13.7. The van der Waals surface area contributed by atoms with Crippen molar-refractivity contribution >= 4 is 38.8 Å². The lowest BCUT2D eigenvalue weighted by Gasteiger charge is -2.16. The summed E-state index contributed by atoms with van der Waals surface area (Å²) < 4.78 is 28.6. The van der Waals surface area contributed by atoms with Crippen molar-refractivity contribution in [3.05, 3.63) is 78.4 Å². The average Bonchev–Trinajstić information content (AvgIpc) is 3.15. The van der Waals surface area contributed by atoms with Crippen molar-refractivity contribution in [3.8, 4) is 10.6 Å². The van der Waals surface area contributed by atoms with Crippen LogP contribution in [0.3, 0.4) is 0 Å². The normalized spacial score (nSPS) is 12.0. The summed E-state index contributed by atoms with van der Waals surface area (Å²) >= 11 is 1.59. The van der Waals surface area contributed by atoms with Gasteiger partial charge < -0.3 is 10.6 Å². The van der Waals surface area contributed by atoms with Crippen LogP contribution in [0.4, 0.5) is 20.2 Å². The van der Waals surface area contributed by atoms with Crippen molar-refractivity contribution in [1.29, 1.82) is 0 Å². The number of nitrogens with zero attached hydrogens (tertiary/aromatic N) is 1. The molecule has 7 heteroatoms. The molecule has 0 saturated carbocycles. The van der Waals surface area contributed by atoms with Crippen LogP contribution in [-0.2, 0) is 4.79 Å². The van der Waals surface area contributed by atoms with Gasteiger partial charge in [-0.3, -0.25) is 4.79 Å². The molecule has 4 aromatic rings. The predicted octanol–water partition coefficient (Wildman–Crippen LogP) is 5.68. The maximum Gasteiger partial charge on any atom is 0.246 e. The molecule has 1 unspecified atom stereocenters. The Morgan fingerprint density at radius 3 is 2.48 bits per heavy atom. The smallest absolute Gasteiger partial charge is 0.246 e. The molecule has 146 valence electrons. The Balaban J connectivity index is 1.50. The highest BCUT2D eigenvalue weighted by Crippen LogP contribution is 2.31. The zero-order valence-corrected chi connectivity index (χ0v) is 16.3. The van der Waals surface area contributed by atoms with Crippen LogP contribution in [0.5, 0.6) is 0 Å². The molecule has 0 radical (unpaired) electrons. The van der Waals surface area contributed by atoms with Crippen LogP contribution in [0.1, 0.15) is 6.92 Å². The lowest BCUT2D eigenvalue weighted by atomic mass is 10.2. The van der Waals surface area contributed by atoms with Crippen LogP contribution in [0.2, 0.25) is 0 Å². The number of halogens is 2. The van der Waals surface area contributed by atoms with Gasteiger partial charge in [0, 0.05) is 11.3 Å². The van der Waals surface area contributed by atoms with Crippen molar-refractivity contribution in [2.24, 2.45) is 0 Å². The molecular weight excluding hydrogens is 392 g/mol. The van der Waals surface area contributed by atoms with E-state index in [0.29, 0.717) is 5.69 Å². The Bertz CT molecular complexity index is 1140. The third kappa shape index (κ3) is 4.09. The molecule has 4 nitrogen and oxygen atoms in total. The fourth-order valence-electron chi connectivity index (χ4n) is 2.90. The van der Waals surface area contributed by atoms with E-state index in [2.05, 4.69) is 15.6 Å². The van der Waals surface area contributed by atoms with E-state index in [-0.39, 0.29) is 0 Å². The Morgan fingerprint density at radius 1 is 1.00 bits per heavy atom. The predicted molar refractivity (Wildman–Crippen MR) is 113 cm³/mol. The van der Waals surface area contributed by atoms with Gasteiger partial charge in [-0.2, -0.15) is 0 Å². The number of para-hydroxylation sites is 2. The molecule has 29 heavy (non-hydrogen) atoms. The van der Waals surface area contributed by atoms with E-state index in [1.165, 1.54) is 6.07 Å². The van der Waals surface area contributed by atoms with E-state index in [0.717, 1.165) is 32.9 Å². The molecule has 1 heterocycles. The molecule has 1 aromatic heterocycles. The van der Waals surface area contributed by atoms with Gasteiger partial charge in [0.2, 0.25) is 5.91 Å². The monoisotopic (exact) mass is 409 g/mol. The van der Waals surface area contributed by atoms with Crippen molar-refractivity contribution in [1.82, 2.24) is 4.98 Å². The van der Waals surface area contributed by atoms with Crippen molar-refractivity contribution in [2.75, 3.05) is 10.6 Å². The molecule has 1 atom stereocenters. The first kappa shape index (κ1) is 19.0. The van der Waals surface area contributed by atoms with Gasteiger partial charge in [-0.25, -0.2) is 13.8 Å². The number of hydrogen-bond acceptors (Lipinski definition) is 4. The van der Waals surface area contributed by atoms with Crippen LogP contribution >= 0.6 is 11.3 Å². The quantitative estimate of drug-likeness (QED) is 0.446. The molecular formula is C22H17F2N3OS. The van der Waals surface area contributed by atoms with E-state index >= 15 is 0 Å². The third-order valence-corrected chi connectivity index (χ3v) is 5.48. The highest BCUT2D eigenvalue weighted by Gasteiger charge is 2.17. The second-order valence-electron chi connectivity index (χ2n) is 6.52. The summed E-state index contributed by atoms with van der Waals surface area (Å²) in [6.07, 6.45) is 0. The Labute approximate surface area is 170 Å². The Morgan fingerprint density at radius 2 is 1.72 bits per heavy atom. The molecule has 0 fully saturated rings. The zero-order valence-electron chi connectivity index (χ0n) is 15.4. The number of carbonyl (C=O) groups is 1. The minimum absolute atomic E-state index is 0.450. The number of hydrogen-bond donors (Lipinski definition) is 2. The number of nitrogens with one attached hydrogen (secondary N) is 2. The molecule has 3 aromatic carbocycles. The van der Waals surface area contributed by atoms with Crippen LogP contribution in [0.15, 0.2) is 66.7 Å². The summed E-state index contributed by atoms with van der Waals surface area (Å²) in [6, 6.07) is 18.2. The first-order valence-electron chi connectivity index (χ1n) is 8.98. The second-order valence-corrected chi connectivity index (χ2v) is 7.55. The number of anilines is 2. The van der Waals surface area contributed by atoms with Crippen LogP contribution in [-0.4, -0.2) is 16.9 Å². The van der Waals surface area contributed by atoms with E-state index in [4.69, 9.17) is 0 Å². The van der Waals surface area contributed by atoms with Crippen molar-refractivity contribution in [2.45, 2.75) is 13.0 Å². The highest BCUT2D eigenvalue weighted by atomic mass is 32.1. The molecule has 0 bridgehead atoms. The average molecular weight is 409 g/mol. The van der Waals surface area contributed by atoms with Crippen LogP contribution in [0, 0.1) is 11.6 Å². The summed E-state index contributed by atoms with van der Waals surface area (Å²) in [5.74, 6) is -2.17. The molecule has 4 rings (SSSR count). The standard InChI is InChI=1S/C22H17F2N3OS/c1-13(21(28)27-20-16(23)8-5-9-17(20)24)25-15-7-4-6-14(12-15)22-26-18-10-2-3-11-19(18)29-22/h2-13,25H,1H3,(H,27,28). The molecule has 2 N–H and O–H groups in total. The molecule has 0 aliphatic rings. The van der Waals surface area contributed by atoms with Gasteiger partial charge >= 0.3 is 0 Å². The maximum absolute atomic E-state index is 13.7. The van der Waals surface area contributed by atoms with Gasteiger partial charge in [-0.05, 0) is 43.3 Å². The van der Waals surface area contributed by atoms with E-state index in [9.17, 15) is 13.6 Å². The van der Waals surface area contributed by atoms with E-state index in [1.807, 2.05) is 48.5 Å². The molecule has 0 spiro atoms.